The molecule has 6 rings (SSSR count). The summed E-state index contributed by atoms with van der Waals surface area (Å²) in [6, 6.07) is 7.65. The van der Waals surface area contributed by atoms with Crippen LogP contribution in [-0.2, 0) is 0 Å². The lowest BCUT2D eigenvalue weighted by atomic mass is 10.1. The van der Waals surface area contributed by atoms with Crippen molar-refractivity contribution in [2.45, 2.75) is 24.9 Å². The molecule has 0 unspecified atom stereocenters. The van der Waals surface area contributed by atoms with E-state index in [0.717, 1.165) is 25.4 Å². The van der Waals surface area contributed by atoms with Crippen LogP contribution in [0.3, 0.4) is 0 Å². The molecule has 2 aliphatic rings. The highest BCUT2D eigenvalue weighted by Crippen LogP contribution is 2.36. The summed E-state index contributed by atoms with van der Waals surface area (Å²) in [4.78, 5) is 39.5. The number of carboxylic acids is 1. The van der Waals surface area contributed by atoms with Crippen molar-refractivity contribution >= 4 is 40.0 Å². The molecule has 224 valence electrons. The van der Waals surface area contributed by atoms with Crippen molar-refractivity contribution in [1.29, 1.82) is 0 Å². The minimum atomic E-state index is -1.50. The van der Waals surface area contributed by atoms with E-state index in [9.17, 15) is 14.7 Å². The highest BCUT2D eigenvalue weighted by molar-refractivity contribution is 6.31. The van der Waals surface area contributed by atoms with Crippen molar-refractivity contribution in [3.05, 3.63) is 81.4 Å². The first-order chi connectivity index (χ1) is 20.6. The zero-order valence-electron chi connectivity index (χ0n) is 23.5. The number of nitrogens with zero attached hydrogens (tertiary/aromatic N) is 6. The molecule has 0 saturated carbocycles. The molecule has 5 heterocycles. The number of carboxylic acid groups (broad SMARTS) is 1. The minimum absolute atomic E-state index is 0.0783. The molecule has 1 N–H and O–H groups in total. The van der Waals surface area contributed by atoms with Crippen LogP contribution in [0.15, 0.2) is 53.7 Å². The molecule has 3 aromatic heterocycles. The molecule has 43 heavy (non-hydrogen) atoms. The van der Waals surface area contributed by atoms with Gasteiger partial charge in [0.05, 0.1) is 28.8 Å². The summed E-state index contributed by atoms with van der Waals surface area (Å²) < 4.78 is 39.3. The number of aromatic carboxylic acids is 1. The Kier molecular flexibility index (Phi) is 7.65. The third kappa shape index (κ3) is 5.25. The molecule has 10 nitrogen and oxygen atoms in total. The lowest BCUT2D eigenvalue weighted by molar-refractivity contribution is 0.0695. The average Bonchev–Trinajstić information content (AvgIpc) is 3.40. The number of carbonyl (C=O) groups is 1. The van der Waals surface area contributed by atoms with E-state index in [1.165, 1.54) is 17.0 Å². The van der Waals surface area contributed by atoms with E-state index in [4.69, 9.17) is 16.3 Å². The normalized spacial score (nSPS) is 17.1. The number of anilines is 2. The molecule has 1 aromatic carbocycles. The molecule has 0 aliphatic carbocycles. The number of benzene rings is 1. The van der Waals surface area contributed by atoms with E-state index >= 15 is 8.78 Å². The number of likely N-dealkylation sites (N-methyl/N-ethyl adjacent to an activating group) is 1. The largest absolute Gasteiger partial charge is 0.477 e. The second-order valence-corrected chi connectivity index (χ2v) is 11.4. The lowest BCUT2D eigenvalue weighted by Gasteiger charge is -2.43. The zero-order chi connectivity index (χ0) is 30.4. The Hall–Kier alpha value is -4.29. The van der Waals surface area contributed by atoms with Crippen molar-refractivity contribution in [2.24, 2.45) is 0 Å². The van der Waals surface area contributed by atoms with Gasteiger partial charge in [0, 0.05) is 38.1 Å². The summed E-state index contributed by atoms with van der Waals surface area (Å²) in [5.41, 5.74) is -1.82. The molecule has 1 atom stereocenters. The first-order valence-electron chi connectivity index (χ1n) is 13.8. The minimum Gasteiger partial charge on any atom is -0.477 e. The number of ether oxygens (including phenoxy) is 1. The summed E-state index contributed by atoms with van der Waals surface area (Å²) in [5.74, 6) is -2.52. The Labute approximate surface area is 250 Å². The predicted octanol–water partition coefficient (Wildman–Crippen LogP) is 4.21. The van der Waals surface area contributed by atoms with Crippen LogP contribution in [0.4, 0.5) is 20.3 Å². The number of hydrogen-bond donors (Lipinski definition) is 1. The summed E-state index contributed by atoms with van der Waals surface area (Å²) in [6.07, 6.45) is 5.34. The van der Waals surface area contributed by atoms with Gasteiger partial charge in [-0.25, -0.2) is 23.5 Å². The molecular formula is C30H29ClF2N6O4. The predicted molar refractivity (Wildman–Crippen MR) is 159 cm³/mol. The fourth-order valence-corrected chi connectivity index (χ4v) is 5.83. The van der Waals surface area contributed by atoms with Gasteiger partial charge in [0.15, 0.2) is 5.82 Å². The first kappa shape index (κ1) is 28.8. The monoisotopic (exact) mass is 610 g/mol. The van der Waals surface area contributed by atoms with Gasteiger partial charge < -0.3 is 29.1 Å². The SMILES string of the molecule is CN(C)C1CN(c2ccc(-n3cc(C(=O)O)c(=O)c4cc(F)c(N5CCC[C@@H]5COc5ncccc5Cl)c(F)c43)cn2)C1. The molecule has 2 fully saturated rings. The lowest BCUT2D eigenvalue weighted by Crippen LogP contribution is -2.57. The van der Waals surface area contributed by atoms with Crippen molar-refractivity contribution < 1.29 is 23.4 Å². The fraction of sp³-hybridized carbons (Fsp3) is 0.333. The van der Waals surface area contributed by atoms with Gasteiger partial charge >= 0.3 is 5.97 Å². The van der Waals surface area contributed by atoms with Crippen molar-refractivity contribution in [1.82, 2.24) is 19.4 Å². The molecule has 0 amide bonds. The summed E-state index contributed by atoms with van der Waals surface area (Å²) in [5, 5.41) is 9.67. The molecule has 4 aromatic rings. The molecule has 0 bridgehead atoms. The Morgan fingerprint density at radius 1 is 1.21 bits per heavy atom. The molecule has 0 radical (unpaired) electrons. The standard InChI is InChI=1S/C30H29ClF2N6O4/c1-36(2)19-13-37(14-19)24-8-7-17(12-35-24)39-15-21(30(41)42)28(40)20-11-23(32)27(25(33)26(20)39)38-10-4-5-18(38)16-43-29-22(31)6-3-9-34-29/h3,6-9,11-12,15,18-19H,4-5,10,13-14,16H2,1-2H3,(H,41,42)/t18-/m1/s1. The first-order valence-corrected chi connectivity index (χ1v) is 14.2. The number of fused-ring (bicyclic) bond motifs is 1. The average molecular weight is 611 g/mol. The number of aromatic nitrogens is 3. The van der Waals surface area contributed by atoms with Gasteiger partial charge in [-0.2, -0.15) is 0 Å². The highest BCUT2D eigenvalue weighted by atomic mass is 35.5. The van der Waals surface area contributed by atoms with Crippen LogP contribution < -0.4 is 20.0 Å². The van der Waals surface area contributed by atoms with Gasteiger partial charge in [-0.05, 0) is 57.3 Å². The van der Waals surface area contributed by atoms with Crippen LogP contribution >= 0.6 is 11.6 Å². The fourth-order valence-electron chi connectivity index (χ4n) is 5.66. The number of rotatable bonds is 8. The quantitative estimate of drug-likeness (QED) is 0.314. The van der Waals surface area contributed by atoms with Crippen LogP contribution in [0.1, 0.15) is 23.2 Å². The molecular weight excluding hydrogens is 582 g/mol. The van der Waals surface area contributed by atoms with Gasteiger partial charge in [0.25, 0.3) is 0 Å². The third-order valence-electron chi connectivity index (χ3n) is 8.12. The second-order valence-electron chi connectivity index (χ2n) is 11.0. The molecule has 2 saturated heterocycles. The van der Waals surface area contributed by atoms with Crippen molar-refractivity contribution in [2.75, 3.05) is 50.1 Å². The molecule has 13 heteroatoms. The Morgan fingerprint density at radius 2 is 2.00 bits per heavy atom. The van der Waals surface area contributed by atoms with E-state index in [1.807, 2.05) is 14.1 Å². The Morgan fingerprint density at radius 3 is 2.67 bits per heavy atom. The Balaban J connectivity index is 1.40. The Bertz CT molecular complexity index is 1760. The maximum absolute atomic E-state index is 16.5. The van der Waals surface area contributed by atoms with Gasteiger partial charge in [-0.1, -0.05) is 11.6 Å². The topological polar surface area (TPSA) is 104 Å². The summed E-state index contributed by atoms with van der Waals surface area (Å²) in [7, 11) is 4.03. The maximum Gasteiger partial charge on any atom is 0.341 e. The van der Waals surface area contributed by atoms with E-state index < -0.39 is 34.6 Å². The van der Waals surface area contributed by atoms with Crippen LogP contribution in [0, 0.1) is 11.6 Å². The van der Waals surface area contributed by atoms with Crippen LogP contribution in [0.2, 0.25) is 5.02 Å². The van der Waals surface area contributed by atoms with Gasteiger partial charge in [-0.3, -0.25) is 4.79 Å². The van der Waals surface area contributed by atoms with E-state index in [0.29, 0.717) is 42.0 Å². The van der Waals surface area contributed by atoms with E-state index in [-0.39, 0.29) is 29.1 Å². The molecule has 2 aliphatic heterocycles. The summed E-state index contributed by atoms with van der Waals surface area (Å²) in [6.45, 7) is 2.03. The summed E-state index contributed by atoms with van der Waals surface area (Å²) >= 11 is 6.16. The number of pyridine rings is 3. The van der Waals surface area contributed by atoms with Crippen LogP contribution in [-0.4, -0.2) is 82.9 Å². The highest BCUT2D eigenvalue weighted by Gasteiger charge is 2.33. The maximum atomic E-state index is 16.5. The van der Waals surface area contributed by atoms with E-state index in [2.05, 4.69) is 19.8 Å². The van der Waals surface area contributed by atoms with Crippen LogP contribution in [0.5, 0.6) is 5.88 Å². The number of hydrogen-bond acceptors (Lipinski definition) is 8. The van der Waals surface area contributed by atoms with E-state index in [1.54, 1.807) is 29.2 Å². The van der Waals surface area contributed by atoms with Crippen LogP contribution in [0.25, 0.3) is 16.6 Å². The molecule has 0 spiro atoms. The van der Waals surface area contributed by atoms with Crippen molar-refractivity contribution in [3.63, 3.8) is 0 Å². The third-order valence-corrected chi connectivity index (χ3v) is 8.40. The second kappa shape index (κ2) is 11.4. The van der Waals surface area contributed by atoms with Gasteiger partial charge in [-0.15, -0.1) is 0 Å². The van der Waals surface area contributed by atoms with Crippen molar-refractivity contribution in [3.8, 4) is 11.6 Å². The number of halogens is 3. The van der Waals surface area contributed by atoms with Gasteiger partial charge in [0.1, 0.15) is 34.5 Å². The zero-order valence-corrected chi connectivity index (χ0v) is 24.3. The van der Waals surface area contributed by atoms with Gasteiger partial charge in [0.2, 0.25) is 11.3 Å². The smallest absolute Gasteiger partial charge is 0.341 e.